The van der Waals surface area contributed by atoms with Crippen molar-refractivity contribution in [1.82, 2.24) is 4.31 Å². The molecular formula is C13H20N2O3S2. The number of hydrogen-bond acceptors (Lipinski definition) is 4. The van der Waals surface area contributed by atoms with Crippen LogP contribution in [0.5, 0.6) is 0 Å². The Morgan fingerprint density at radius 3 is 2.50 bits per heavy atom. The van der Waals surface area contributed by atoms with E-state index in [-0.39, 0.29) is 10.9 Å². The fourth-order valence-corrected chi connectivity index (χ4v) is 4.38. The Morgan fingerprint density at radius 2 is 1.90 bits per heavy atom. The molecule has 1 saturated heterocycles. The predicted octanol–water partition coefficient (Wildman–Crippen LogP) is 1.26. The van der Waals surface area contributed by atoms with Gasteiger partial charge in [0.05, 0.1) is 4.90 Å². The third-order valence-electron chi connectivity index (χ3n) is 3.37. The zero-order valence-electron chi connectivity index (χ0n) is 11.7. The van der Waals surface area contributed by atoms with Crippen LogP contribution in [0.15, 0.2) is 29.2 Å². The molecule has 0 unspecified atom stereocenters. The summed E-state index contributed by atoms with van der Waals surface area (Å²) in [4.78, 5) is 0.284. The standard InChI is InChI=1S/C13H20N2O3S2/c1-15(2)20(17,18)13-5-3-4-12(10-13)14-11-6-8-19(16)9-7-11/h3-5,10-11,14H,6-9H2,1-2H3. The molecule has 0 saturated carbocycles. The maximum absolute atomic E-state index is 12.1. The van der Waals surface area contributed by atoms with Crippen LogP contribution in [0.2, 0.25) is 0 Å². The van der Waals surface area contributed by atoms with Crippen molar-refractivity contribution in [3.05, 3.63) is 24.3 Å². The highest BCUT2D eigenvalue weighted by Crippen LogP contribution is 2.21. The van der Waals surface area contributed by atoms with Gasteiger partial charge in [0.1, 0.15) is 0 Å². The topological polar surface area (TPSA) is 66.5 Å². The van der Waals surface area contributed by atoms with Gasteiger partial charge >= 0.3 is 0 Å². The molecule has 1 aromatic rings. The summed E-state index contributed by atoms with van der Waals surface area (Å²) in [6.45, 7) is 0. The van der Waals surface area contributed by atoms with Gasteiger partial charge in [-0.15, -0.1) is 0 Å². The van der Waals surface area contributed by atoms with E-state index in [2.05, 4.69) is 5.32 Å². The lowest BCUT2D eigenvalue weighted by molar-refractivity contribution is 0.520. The first-order valence-electron chi connectivity index (χ1n) is 6.54. The molecule has 0 aromatic heterocycles. The monoisotopic (exact) mass is 316 g/mol. The molecule has 1 heterocycles. The normalized spacial score (nSPS) is 23.8. The Labute approximate surface area is 122 Å². The molecule has 20 heavy (non-hydrogen) atoms. The van der Waals surface area contributed by atoms with Crippen molar-refractivity contribution >= 4 is 26.5 Å². The molecule has 0 bridgehead atoms. The number of anilines is 1. The minimum atomic E-state index is -3.40. The van der Waals surface area contributed by atoms with Crippen molar-refractivity contribution < 1.29 is 12.6 Å². The number of sulfonamides is 1. The first kappa shape index (κ1) is 15.5. The number of rotatable bonds is 4. The Hall–Kier alpha value is -0.920. The van der Waals surface area contributed by atoms with E-state index >= 15 is 0 Å². The third-order valence-corrected chi connectivity index (χ3v) is 6.56. The molecule has 2 rings (SSSR count). The van der Waals surface area contributed by atoms with Crippen LogP contribution in [-0.4, -0.2) is 48.6 Å². The second kappa shape index (κ2) is 6.24. The minimum absolute atomic E-state index is 0.269. The fraction of sp³-hybridized carbons (Fsp3) is 0.538. The molecule has 0 amide bonds. The van der Waals surface area contributed by atoms with Gasteiger partial charge in [0.2, 0.25) is 10.0 Å². The summed E-state index contributed by atoms with van der Waals surface area (Å²) >= 11 is 0. The second-order valence-electron chi connectivity index (χ2n) is 5.08. The van der Waals surface area contributed by atoms with E-state index in [4.69, 9.17) is 0 Å². The van der Waals surface area contributed by atoms with Crippen LogP contribution in [0.25, 0.3) is 0 Å². The van der Waals surface area contributed by atoms with Gasteiger partial charge in [0, 0.05) is 48.1 Å². The van der Waals surface area contributed by atoms with E-state index in [0.717, 1.165) is 18.5 Å². The van der Waals surface area contributed by atoms with Gasteiger partial charge in [0.25, 0.3) is 0 Å². The van der Waals surface area contributed by atoms with Crippen molar-refractivity contribution in [3.63, 3.8) is 0 Å². The Morgan fingerprint density at radius 1 is 1.25 bits per heavy atom. The van der Waals surface area contributed by atoms with E-state index in [1.807, 2.05) is 6.07 Å². The van der Waals surface area contributed by atoms with Gasteiger partial charge in [-0.25, -0.2) is 12.7 Å². The minimum Gasteiger partial charge on any atom is -0.382 e. The lowest BCUT2D eigenvalue weighted by Gasteiger charge is -2.24. The average Bonchev–Trinajstić information content (AvgIpc) is 2.41. The fourth-order valence-electron chi connectivity index (χ4n) is 2.13. The van der Waals surface area contributed by atoms with E-state index in [1.54, 1.807) is 18.2 Å². The Kier molecular flexibility index (Phi) is 4.82. The summed E-state index contributed by atoms with van der Waals surface area (Å²) in [7, 11) is -1.05. The predicted molar refractivity (Wildman–Crippen MR) is 81.8 cm³/mol. The van der Waals surface area contributed by atoms with Crippen LogP contribution in [0.1, 0.15) is 12.8 Å². The molecule has 0 spiro atoms. The molecule has 0 atom stereocenters. The molecular weight excluding hydrogens is 296 g/mol. The maximum atomic E-state index is 12.1. The summed E-state index contributed by atoms with van der Waals surface area (Å²) in [5.74, 6) is 1.43. The summed E-state index contributed by atoms with van der Waals surface area (Å²) in [6, 6.07) is 7.11. The van der Waals surface area contributed by atoms with Crippen LogP contribution >= 0.6 is 0 Å². The largest absolute Gasteiger partial charge is 0.382 e. The van der Waals surface area contributed by atoms with E-state index in [9.17, 15) is 12.6 Å². The van der Waals surface area contributed by atoms with Crippen LogP contribution in [0, 0.1) is 0 Å². The highest BCUT2D eigenvalue weighted by molar-refractivity contribution is 7.89. The molecule has 5 nitrogen and oxygen atoms in total. The summed E-state index contributed by atoms with van der Waals surface area (Å²) in [6.07, 6.45) is 1.72. The smallest absolute Gasteiger partial charge is 0.242 e. The Balaban J connectivity index is 2.12. The molecule has 1 aromatic carbocycles. The van der Waals surface area contributed by atoms with Crippen molar-refractivity contribution in [2.24, 2.45) is 0 Å². The summed E-state index contributed by atoms with van der Waals surface area (Å²) in [5.41, 5.74) is 0.797. The molecule has 7 heteroatoms. The molecule has 1 aliphatic rings. The molecule has 0 radical (unpaired) electrons. The van der Waals surface area contributed by atoms with Crippen molar-refractivity contribution in [3.8, 4) is 0 Å². The van der Waals surface area contributed by atoms with Crippen molar-refractivity contribution in [1.29, 1.82) is 0 Å². The maximum Gasteiger partial charge on any atom is 0.242 e. The number of nitrogens with one attached hydrogen (secondary N) is 1. The van der Waals surface area contributed by atoms with Crippen LogP contribution in [-0.2, 0) is 20.8 Å². The zero-order valence-corrected chi connectivity index (χ0v) is 13.3. The quantitative estimate of drug-likeness (QED) is 0.908. The van der Waals surface area contributed by atoms with E-state index < -0.39 is 20.8 Å². The lowest BCUT2D eigenvalue weighted by atomic mass is 10.1. The van der Waals surface area contributed by atoms with Gasteiger partial charge in [-0.3, -0.25) is 4.21 Å². The first-order chi connectivity index (χ1) is 9.39. The average molecular weight is 316 g/mol. The van der Waals surface area contributed by atoms with Crippen molar-refractivity contribution in [2.45, 2.75) is 23.8 Å². The van der Waals surface area contributed by atoms with E-state index in [1.165, 1.54) is 18.4 Å². The number of hydrogen-bond donors (Lipinski definition) is 1. The first-order valence-corrected chi connectivity index (χ1v) is 9.46. The molecule has 1 N–H and O–H groups in total. The zero-order chi connectivity index (χ0) is 14.8. The molecule has 1 aliphatic heterocycles. The van der Waals surface area contributed by atoms with Gasteiger partial charge in [-0.1, -0.05) is 6.07 Å². The summed E-state index contributed by atoms with van der Waals surface area (Å²) in [5, 5.41) is 3.34. The van der Waals surface area contributed by atoms with Crippen LogP contribution < -0.4 is 5.32 Å². The SMILES string of the molecule is CN(C)S(=O)(=O)c1cccc(NC2CCS(=O)CC2)c1. The van der Waals surface area contributed by atoms with Gasteiger partial charge in [-0.05, 0) is 31.0 Å². The highest BCUT2D eigenvalue weighted by atomic mass is 32.2. The Bertz CT molecular complexity index is 589. The summed E-state index contributed by atoms with van der Waals surface area (Å²) < 4.78 is 36.7. The molecule has 0 aliphatic carbocycles. The lowest BCUT2D eigenvalue weighted by Crippen LogP contribution is -2.29. The molecule has 112 valence electrons. The highest BCUT2D eigenvalue weighted by Gasteiger charge is 2.20. The number of benzene rings is 1. The number of nitrogens with zero attached hydrogens (tertiary/aromatic N) is 1. The van der Waals surface area contributed by atoms with Gasteiger partial charge in [-0.2, -0.15) is 0 Å². The van der Waals surface area contributed by atoms with Gasteiger partial charge in [0.15, 0.2) is 0 Å². The van der Waals surface area contributed by atoms with Crippen LogP contribution in [0.3, 0.4) is 0 Å². The van der Waals surface area contributed by atoms with E-state index in [0.29, 0.717) is 11.5 Å². The molecule has 1 fully saturated rings. The second-order valence-corrected chi connectivity index (χ2v) is 8.93. The van der Waals surface area contributed by atoms with Crippen molar-refractivity contribution in [2.75, 3.05) is 30.9 Å². The van der Waals surface area contributed by atoms with Crippen LogP contribution in [0.4, 0.5) is 5.69 Å². The third kappa shape index (κ3) is 3.59. The van der Waals surface area contributed by atoms with Gasteiger partial charge < -0.3 is 5.32 Å².